The zero-order valence-corrected chi connectivity index (χ0v) is 13.4. The van der Waals surface area contributed by atoms with Crippen LogP contribution >= 0.6 is 11.8 Å². The van der Waals surface area contributed by atoms with Crippen molar-refractivity contribution in [1.29, 1.82) is 0 Å². The number of rotatable bonds is 2. The molecule has 2 aromatic carbocycles. The number of anilines is 1. The van der Waals surface area contributed by atoms with Crippen molar-refractivity contribution >= 4 is 22.6 Å². The van der Waals surface area contributed by atoms with Gasteiger partial charge in [0.15, 0.2) is 6.54 Å². The van der Waals surface area contributed by atoms with Gasteiger partial charge in [0.2, 0.25) is 0 Å². The molecule has 112 valence electrons. The lowest BCUT2D eigenvalue weighted by Crippen LogP contribution is -2.41. The maximum Gasteiger partial charge on any atom is 0.316 e. The van der Waals surface area contributed by atoms with Gasteiger partial charge in [-0.25, -0.2) is 9.48 Å². The van der Waals surface area contributed by atoms with E-state index in [2.05, 4.69) is 40.7 Å². The van der Waals surface area contributed by atoms with E-state index in [9.17, 15) is 5.11 Å². The number of amidine groups is 1. The zero-order valence-electron chi connectivity index (χ0n) is 12.6. The molecule has 0 amide bonds. The van der Waals surface area contributed by atoms with Gasteiger partial charge in [0.1, 0.15) is 5.69 Å². The van der Waals surface area contributed by atoms with Gasteiger partial charge in [-0.05, 0) is 30.8 Å². The van der Waals surface area contributed by atoms with E-state index in [0.717, 1.165) is 28.7 Å². The van der Waals surface area contributed by atoms with Crippen molar-refractivity contribution < 1.29 is 9.68 Å². The van der Waals surface area contributed by atoms with E-state index in [1.807, 2.05) is 42.1 Å². The molecule has 3 nitrogen and oxygen atoms in total. The van der Waals surface area contributed by atoms with Crippen LogP contribution in [-0.4, -0.2) is 33.7 Å². The summed E-state index contributed by atoms with van der Waals surface area (Å²) in [5, 5.41) is 12.6. The lowest BCUT2D eigenvalue weighted by molar-refractivity contribution is -0.650. The number of para-hydroxylation sites is 1. The molecule has 0 fully saturated rings. The summed E-state index contributed by atoms with van der Waals surface area (Å²) in [6.45, 7) is 3.53. The second-order valence-corrected chi connectivity index (χ2v) is 6.95. The molecule has 0 saturated heterocycles. The molecule has 4 heteroatoms. The average Bonchev–Trinajstić information content (AvgIpc) is 3.13. The molecule has 4 rings (SSSR count). The van der Waals surface area contributed by atoms with Gasteiger partial charge in [0, 0.05) is 11.3 Å². The average molecular weight is 311 g/mol. The quantitative estimate of drug-likeness (QED) is 0.864. The monoisotopic (exact) mass is 311 g/mol. The molecule has 22 heavy (non-hydrogen) atoms. The van der Waals surface area contributed by atoms with E-state index in [0.29, 0.717) is 6.54 Å². The number of nitrogens with zero attached hydrogens (tertiary/aromatic N) is 2. The van der Waals surface area contributed by atoms with Gasteiger partial charge in [-0.3, -0.25) is 0 Å². The predicted octanol–water partition coefficient (Wildman–Crippen LogP) is 2.78. The molecular formula is C18H19N2OS+. The molecule has 2 aliphatic rings. The summed E-state index contributed by atoms with van der Waals surface area (Å²) in [7, 11) is 0. The van der Waals surface area contributed by atoms with Crippen molar-refractivity contribution in [1.82, 2.24) is 0 Å². The summed E-state index contributed by atoms with van der Waals surface area (Å²) in [6, 6.07) is 18.6. The van der Waals surface area contributed by atoms with Crippen molar-refractivity contribution in [2.75, 3.05) is 23.7 Å². The van der Waals surface area contributed by atoms with Crippen LogP contribution in [0.2, 0.25) is 0 Å². The van der Waals surface area contributed by atoms with E-state index >= 15 is 0 Å². The minimum absolute atomic E-state index is 0.572. The van der Waals surface area contributed by atoms with E-state index < -0.39 is 5.72 Å². The fraction of sp³-hybridized carbons (Fsp3) is 0.278. The van der Waals surface area contributed by atoms with Crippen molar-refractivity contribution in [2.45, 2.75) is 12.6 Å². The van der Waals surface area contributed by atoms with E-state index in [1.54, 1.807) is 0 Å². The molecule has 1 atom stereocenters. The zero-order chi connectivity index (χ0) is 15.2. The summed E-state index contributed by atoms with van der Waals surface area (Å²) >= 11 is 1.82. The molecule has 0 saturated carbocycles. The smallest absolute Gasteiger partial charge is 0.316 e. The third kappa shape index (κ3) is 2.06. The summed E-state index contributed by atoms with van der Waals surface area (Å²) < 4.78 is 2.15. The van der Waals surface area contributed by atoms with Crippen LogP contribution in [0.5, 0.6) is 0 Å². The first-order chi connectivity index (χ1) is 10.7. The molecular weight excluding hydrogens is 292 g/mol. The molecule has 2 aliphatic heterocycles. The Morgan fingerprint density at radius 3 is 2.55 bits per heavy atom. The van der Waals surface area contributed by atoms with Crippen LogP contribution in [0, 0.1) is 6.92 Å². The Morgan fingerprint density at radius 2 is 1.82 bits per heavy atom. The van der Waals surface area contributed by atoms with Crippen LogP contribution in [0.1, 0.15) is 11.1 Å². The molecule has 2 heterocycles. The molecule has 1 N–H and O–H groups in total. The SMILES string of the molecule is Cc1ccc([C@@]2(O)CN(c3ccccc3)C3=[N+]2CCS3)cc1. The Morgan fingerprint density at radius 1 is 1.09 bits per heavy atom. The molecule has 2 aromatic rings. The molecule has 0 unspecified atom stereocenters. The Hall–Kier alpha value is -1.78. The van der Waals surface area contributed by atoms with Gasteiger partial charge in [0.25, 0.3) is 5.72 Å². The van der Waals surface area contributed by atoms with Crippen LogP contribution in [0.15, 0.2) is 54.6 Å². The van der Waals surface area contributed by atoms with Crippen molar-refractivity contribution in [3.8, 4) is 0 Å². The highest BCUT2D eigenvalue weighted by molar-refractivity contribution is 8.14. The Labute approximate surface area is 134 Å². The number of aryl methyl sites for hydroxylation is 1. The second-order valence-electron chi connectivity index (χ2n) is 5.89. The van der Waals surface area contributed by atoms with Crippen LogP contribution in [0.3, 0.4) is 0 Å². The minimum Gasteiger partial charge on any atom is -0.346 e. The first-order valence-corrected chi connectivity index (χ1v) is 8.56. The third-order valence-electron chi connectivity index (χ3n) is 4.41. The number of thioether (sulfide) groups is 1. The van der Waals surface area contributed by atoms with Gasteiger partial charge in [-0.1, -0.05) is 48.0 Å². The maximum atomic E-state index is 11.4. The molecule has 0 aromatic heterocycles. The topological polar surface area (TPSA) is 26.5 Å². The number of aliphatic hydroxyl groups is 1. The predicted molar refractivity (Wildman–Crippen MR) is 91.5 cm³/mol. The normalized spacial score (nSPS) is 24.0. The Kier molecular flexibility index (Phi) is 3.24. The fourth-order valence-electron chi connectivity index (χ4n) is 3.22. The van der Waals surface area contributed by atoms with Gasteiger partial charge in [-0.2, -0.15) is 0 Å². The standard InChI is InChI=1S/C18H19N2OS/c1-14-7-9-15(10-8-14)18(21)13-19(16-5-3-2-4-6-16)17-20(18)11-12-22-17/h2-10,21H,11-13H2,1H3/q+1/t18-/m0/s1. The van der Waals surface area contributed by atoms with Crippen LogP contribution < -0.4 is 4.90 Å². The highest BCUT2D eigenvalue weighted by Gasteiger charge is 2.54. The van der Waals surface area contributed by atoms with Gasteiger partial charge < -0.3 is 5.11 Å². The van der Waals surface area contributed by atoms with Crippen LogP contribution in [-0.2, 0) is 5.72 Å². The largest absolute Gasteiger partial charge is 0.346 e. The highest BCUT2D eigenvalue weighted by Crippen LogP contribution is 2.38. The van der Waals surface area contributed by atoms with Crippen LogP contribution in [0.4, 0.5) is 5.69 Å². The fourth-order valence-corrected chi connectivity index (χ4v) is 4.40. The van der Waals surface area contributed by atoms with Gasteiger partial charge in [-0.15, -0.1) is 0 Å². The lowest BCUT2D eigenvalue weighted by Gasteiger charge is -2.23. The van der Waals surface area contributed by atoms with E-state index in [4.69, 9.17) is 0 Å². The highest BCUT2D eigenvalue weighted by atomic mass is 32.2. The summed E-state index contributed by atoms with van der Waals surface area (Å²) in [6.07, 6.45) is 0. The Balaban J connectivity index is 1.78. The molecule has 0 spiro atoms. The number of hydrogen-bond donors (Lipinski definition) is 1. The summed E-state index contributed by atoms with van der Waals surface area (Å²) in [4.78, 5) is 2.23. The van der Waals surface area contributed by atoms with E-state index in [-0.39, 0.29) is 0 Å². The summed E-state index contributed by atoms with van der Waals surface area (Å²) in [5.41, 5.74) is 2.38. The van der Waals surface area contributed by atoms with Gasteiger partial charge in [0.05, 0.1) is 6.54 Å². The van der Waals surface area contributed by atoms with Crippen molar-refractivity contribution in [3.05, 3.63) is 65.7 Å². The molecule has 0 bridgehead atoms. The summed E-state index contributed by atoms with van der Waals surface area (Å²) in [5.74, 6) is 1.02. The number of hydrogen-bond acceptors (Lipinski definition) is 3. The third-order valence-corrected chi connectivity index (χ3v) is 5.50. The second kappa shape index (κ2) is 5.14. The molecule has 0 radical (unpaired) electrons. The number of β-amino-alcohol motifs (C(OH)–C–C–N with tert-alkyl or cyclic N) is 1. The lowest BCUT2D eigenvalue weighted by atomic mass is 10.0. The minimum atomic E-state index is -0.942. The van der Waals surface area contributed by atoms with E-state index in [1.165, 1.54) is 5.56 Å². The first-order valence-electron chi connectivity index (χ1n) is 7.58. The van der Waals surface area contributed by atoms with Crippen molar-refractivity contribution in [3.63, 3.8) is 0 Å². The molecule has 0 aliphatic carbocycles. The maximum absolute atomic E-state index is 11.4. The Bertz CT molecular complexity index is 727. The van der Waals surface area contributed by atoms with Crippen LogP contribution in [0.25, 0.3) is 0 Å². The van der Waals surface area contributed by atoms with Crippen molar-refractivity contribution in [2.24, 2.45) is 0 Å². The first kappa shape index (κ1) is 13.9. The number of benzene rings is 2. The van der Waals surface area contributed by atoms with Gasteiger partial charge >= 0.3 is 5.17 Å².